The van der Waals surface area contributed by atoms with Crippen molar-refractivity contribution in [3.8, 4) is 0 Å². The number of halogens is 3. The van der Waals surface area contributed by atoms with Crippen molar-refractivity contribution in [2.75, 3.05) is 0 Å². The molecule has 0 saturated carbocycles. The highest BCUT2D eigenvalue weighted by Gasteiger charge is 2.31. The minimum atomic E-state index is -3.25. The highest BCUT2D eigenvalue weighted by Crippen LogP contribution is 2.35. The molecule has 1 rings (SSSR count). The lowest BCUT2D eigenvalue weighted by atomic mass is 10.1. The molecule has 1 aromatic heterocycles. The third-order valence-electron chi connectivity index (χ3n) is 1.71. The van der Waals surface area contributed by atoms with Crippen molar-refractivity contribution in [2.24, 2.45) is 5.73 Å². The van der Waals surface area contributed by atoms with Crippen LogP contribution in [-0.4, -0.2) is 15.8 Å². The molecular weight excluding hydrogens is 248 g/mol. The van der Waals surface area contributed by atoms with Crippen LogP contribution in [0.15, 0.2) is 6.20 Å². The van der Waals surface area contributed by atoms with Crippen LogP contribution in [0.4, 0.5) is 14.5 Å². The van der Waals surface area contributed by atoms with Gasteiger partial charge in [0.2, 0.25) is 5.15 Å². The molecule has 0 spiro atoms. The molecule has 1 aromatic rings. The Bertz CT molecular complexity index is 466. The van der Waals surface area contributed by atoms with Gasteiger partial charge < -0.3 is 5.73 Å². The summed E-state index contributed by atoms with van der Waals surface area (Å²) < 4.78 is 25.2. The third-order valence-corrected chi connectivity index (χ3v) is 1.99. The van der Waals surface area contributed by atoms with Crippen molar-refractivity contribution in [2.45, 2.75) is 6.43 Å². The Morgan fingerprint density at radius 2 is 2.19 bits per heavy atom. The molecule has 1 heterocycles. The van der Waals surface area contributed by atoms with E-state index in [0.29, 0.717) is 6.20 Å². The second-order valence-corrected chi connectivity index (χ2v) is 3.01. The first kappa shape index (κ1) is 12.2. The molecule has 9 heteroatoms. The van der Waals surface area contributed by atoms with E-state index in [0.717, 1.165) is 0 Å². The smallest absolute Gasteiger partial charge is 0.316 e. The summed E-state index contributed by atoms with van der Waals surface area (Å²) in [5, 5.41) is 9.80. The molecule has 0 radical (unpaired) electrons. The normalized spacial score (nSPS) is 10.5. The fourth-order valence-corrected chi connectivity index (χ4v) is 1.30. The second kappa shape index (κ2) is 4.35. The van der Waals surface area contributed by atoms with E-state index in [1.165, 1.54) is 0 Å². The van der Waals surface area contributed by atoms with Crippen LogP contribution in [0.5, 0.6) is 0 Å². The first-order valence-electron chi connectivity index (χ1n) is 3.77. The number of carbonyl (C=O) groups is 1. The Hall–Kier alpha value is -1.83. The Labute approximate surface area is 92.2 Å². The molecule has 0 fully saturated rings. The summed E-state index contributed by atoms with van der Waals surface area (Å²) in [6.45, 7) is 0. The standard InChI is InChI=1S/C7H4ClF2N3O3/c8-5-4(13(15)16)3(6(9)10)2(1-12-5)7(11)14/h1,6H,(H2,11,14). The van der Waals surface area contributed by atoms with Gasteiger partial charge in [0.1, 0.15) is 5.56 Å². The van der Waals surface area contributed by atoms with Crippen molar-refractivity contribution in [1.29, 1.82) is 0 Å². The quantitative estimate of drug-likeness (QED) is 0.502. The zero-order valence-electron chi connectivity index (χ0n) is 7.49. The highest BCUT2D eigenvalue weighted by molar-refractivity contribution is 6.31. The topological polar surface area (TPSA) is 99.1 Å². The van der Waals surface area contributed by atoms with Crippen LogP contribution in [0, 0.1) is 10.1 Å². The monoisotopic (exact) mass is 251 g/mol. The number of alkyl halides is 2. The summed E-state index contributed by atoms with van der Waals surface area (Å²) in [7, 11) is 0. The first-order chi connectivity index (χ1) is 7.36. The van der Waals surface area contributed by atoms with E-state index in [2.05, 4.69) is 4.98 Å². The number of pyridine rings is 1. The molecule has 0 saturated heterocycles. The van der Waals surface area contributed by atoms with Gasteiger partial charge in [-0.15, -0.1) is 0 Å². The van der Waals surface area contributed by atoms with E-state index in [-0.39, 0.29) is 0 Å². The van der Waals surface area contributed by atoms with Crippen LogP contribution in [0.2, 0.25) is 5.15 Å². The average Bonchev–Trinajstić information content (AvgIpc) is 2.15. The van der Waals surface area contributed by atoms with Gasteiger partial charge in [-0.25, -0.2) is 13.8 Å². The summed E-state index contributed by atoms with van der Waals surface area (Å²) >= 11 is 5.31. The van der Waals surface area contributed by atoms with Gasteiger partial charge in [0.15, 0.2) is 0 Å². The van der Waals surface area contributed by atoms with E-state index in [9.17, 15) is 23.7 Å². The van der Waals surface area contributed by atoms with Crippen LogP contribution in [-0.2, 0) is 0 Å². The van der Waals surface area contributed by atoms with Gasteiger partial charge in [-0.05, 0) is 0 Å². The van der Waals surface area contributed by atoms with Crippen LogP contribution in [0.25, 0.3) is 0 Å². The lowest BCUT2D eigenvalue weighted by molar-refractivity contribution is -0.386. The minimum Gasteiger partial charge on any atom is -0.366 e. The fourth-order valence-electron chi connectivity index (χ4n) is 1.08. The third kappa shape index (κ3) is 2.06. The van der Waals surface area contributed by atoms with Crippen molar-refractivity contribution < 1.29 is 18.5 Å². The number of primary amides is 1. The molecule has 0 unspecified atom stereocenters. The van der Waals surface area contributed by atoms with Gasteiger partial charge in [-0.2, -0.15) is 0 Å². The average molecular weight is 252 g/mol. The number of aromatic nitrogens is 1. The molecule has 6 nitrogen and oxygen atoms in total. The molecule has 0 aromatic carbocycles. The largest absolute Gasteiger partial charge is 0.366 e. The summed E-state index contributed by atoms with van der Waals surface area (Å²) in [4.78, 5) is 23.4. The number of carbonyl (C=O) groups excluding carboxylic acids is 1. The van der Waals surface area contributed by atoms with E-state index in [1.54, 1.807) is 0 Å². The van der Waals surface area contributed by atoms with Crippen molar-refractivity contribution in [1.82, 2.24) is 4.98 Å². The number of amides is 1. The first-order valence-corrected chi connectivity index (χ1v) is 4.14. The summed E-state index contributed by atoms with van der Waals surface area (Å²) in [6, 6.07) is 0. The van der Waals surface area contributed by atoms with E-state index in [4.69, 9.17) is 17.3 Å². The SMILES string of the molecule is NC(=O)c1cnc(Cl)c([N+](=O)[O-])c1C(F)F. The van der Waals surface area contributed by atoms with Crippen LogP contribution >= 0.6 is 11.6 Å². The molecule has 1 amide bonds. The van der Waals surface area contributed by atoms with Gasteiger partial charge >= 0.3 is 5.69 Å². The van der Waals surface area contributed by atoms with Crippen molar-refractivity contribution >= 4 is 23.2 Å². The Balaban J connectivity index is 3.63. The van der Waals surface area contributed by atoms with Gasteiger partial charge in [0.25, 0.3) is 12.3 Å². The Morgan fingerprint density at radius 1 is 1.62 bits per heavy atom. The summed E-state index contributed by atoms with van der Waals surface area (Å²) in [5.74, 6) is -1.23. The van der Waals surface area contributed by atoms with Crippen LogP contribution < -0.4 is 5.73 Å². The number of nitrogens with two attached hydrogens (primary N) is 1. The Morgan fingerprint density at radius 3 is 2.56 bits per heavy atom. The predicted octanol–water partition coefficient (Wildman–Crippen LogP) is 1.68. The van der Waals surface area contributed by atoms with Crippen LogP contribution in [0.3, 0.4) is 0 Å². The van der Waals surface area contributed by atoms with Gasteiger partial charge in [0.05, 0.1) is 10.5 Å². The molecule has 16 heavy (non-hydrogen) atoms. The summed E-state index contributed by atoms with van der Waals surface area (Å²) in [5.41, 5.74) is 1.86. The number of nitrogens with zero attached hydrogens (tertiary/aromatic N) is 2. The number of rotatable bonds is 3. The van der Waals surface area contributed by atoms with E-state index >= 15 is 0 Å². The molecule has 2 N–H and O–H groups in total. The molecule has 86 valence electrons. The maximum Gasteiger partial charge on any atom is 0.316 e. The predicted molar refractivity (Wildman–Crippen MR) is 49.4 cm³/mol. The number of hydrogen-bond acceptors (Lipinski definition) is 4. The second-order valence-electron chi connectivity index (χ2n) is 2.65. The van der Waals surface area contributed by atoms with Gasteiger partial charge in [-0.1, -0.05) is 11.6 Å². The van der Waals surface area contributed by atoms with Crippen molar-refractivity contribution in [3.63, 3.8) is 0 Å². The molecule has 0 aliphatic rings. The molecular formula is C7H4ClF2N3O3. The summed E-state index contributed by atoms with van der Waals surface area (Å²) in [6.07, 6.45) is -2.57. The fraction of sp³-hybridized carbons (Fsp3) is 0.143. The maximum atomic E-state index is 12.6. The Kier molecular flexibility index (Phi) is 3.33. The number of hydrogen-bond donors (Lipinski definition) is 1. The van der Waals surface area contributed by atoms with Crippen LogP contribution in [0.1, 0.15) is 22.3 Å². The maximum absolute atomic E-state index is 12.6. The lowest BCUT2D eigenvalue weighted by Gasteiger charge is -2.06. The lowest BCUT2D eigenvalue weighted by Crippen LogP contribution is -2.16. The highest BCUT2D eigenvalue weighted by atomic mass is 35.5. The zero-order valence-corrected chi connectivity index (χ0v) is 8.24. The van der Waals surface area contributed by atoms with E-state index in [1.807, 2.05) is 0 Å². The number of nitro groups is 1. The minimum absolute atomic E-state index is 0.680. The van der Waals surface area contributed by atoms with Gasteiger partial charge in [0, 0.05) is 6.20 Å². The van der Waals surface area contributed by atoms with Gasteiger partial charge in [-0.3, -0.25) is 14.9 Å². The molecule has 0 bridgehead atoms. The zero-order chi connectivity index (χ0) is 12.5. The molecule has 0 atom stereocenters. The van der Waals surface area contributed by atoms with Crippen molar-refractivity contribution in [3.05, 3.63) is 32.6 Å². The molecule has 0 aliphatic heterocycles. The molecule has 0 aliphatic carbocycles. The van der Waals surface area contributed by atoms with E-state index < -0.39 is 39.2 Å².